The maximum atomic E-state index is 11.9. The molecule has 0 bridgehead atoms. The summed E-state index contributed by atoms with van der Waals surface area (Å²) in [6, 6.07) is 7.32. The zero-order valence-corrected chi connectivity index (χ0v) is 11.3. The summed E-state index contributed by atoms with van der Waals surface area (Å²) in [5.74, 6) is 0. The summed E-state index contributed by atoms with van der Waals surface area (Å²) in [5, 5.41) is 7.30. The molecule has 0 atom stereocenters. The van der Waals surface area contributed by atoms with E-state index in [2.05, 4.69) is 22.3 Å². The van der Waals surface area contributed by atoms with Crippen molar-refractivity contribution in [2.24, 2.45) is 0 Å². The SMILES string of the molecule is CCCNc1cnn(Cc2cccc(C)n2)c(=O)c1. The van der Waals surface area contributed by atoms with Gasteiger partial charge in [-0.05, 0) is 25.5 Å². The van der Waals surface area contributed by atoms with Crippen LogP contribution in [0.4, 0.5) is 5.69 Å². The summed E-state index contributed by atoms with van der Waals surface area (Å²) >= 11 is 0. The van der Waals surface area contributed by atoms with Crippen molar-refractivity contribution in [2.45, 2.75) is 26.8 Å². The highest BCUT2D eigenvalue weighted by Gasteiger charge is 2.02. The Morgan fingerprint density at radius 3 is 2.89 bits per heavy atom. The monoisotopic (exact) mass is 258 g/mol. The molecule has 0 fully saturated rings. The average molecular weight is 258 g/mol. The predicted molar refractivity (Wildman–Crippen MR) is 75.4 cm³/mol. The van der Waals surface area contributed by atoms with E-state index in [0.29, 0.717) is 6.54 Å². The third-order valence-corrected chi connectivity index (χ3v) is 2.71. The molecule has 2 heterocycles. The molecule has 1 N–H and O–H groups in total. The minimum atomic E-state index is -0.121. The lowest BCUT2D eigenvalue weighted by atomic mass is 10.3. The summed E-state index contributed by atoms with van der Waals surface area (Å²) < 4.78 is 1.42. The molecule has 2 aromatic rings. The zero-order chi connectivity index (χ0) is 13.7. The van der Waals surface area contributed by atoms with Crippen molar-refractivity contribution in [3.8, 4) is 0 Å². The van der Waals surface area contributed by atoms with E-state index in [4.69, 9.17) is 0 Å². The number of aryl methyl sites for hydroxylation is 1. The first-order valence-electron chi connectivity index (χ1n) is 6.42. The molecule has 0 aliphatic rings. The Balaban J connectivity index is 2.15. The van der Waals surface area contributed by atoms with Gasteiger partial charge >= 0.3 is 0 Å². The van der Waals surface area contributed by atoms with E-state index in [0.717, 1.165) is 30.0 Å². The lowest BCUT2D eigenvalue weighted by molar-refractivity contribution is 0.627. The second-order valence-corrected chi connectivity index (χ2v) is 4.44. The molecular formula is C14H18N4O. The fourth-order valence-corrected chi connectivity index (χ4v) is 1.76. The average Bonchev–Trinajstić information content (AvgIpc) is 2.39. The summed E-state index contributed by atoms with van der Waals surface area (Å²) in [4.78, 5) is 16.3. The smallest absolute Gasteiger partial charge is 0.269 e. The number of pyridine rings is 1. The molecule has 0 amide bonds. The van der Waals surface area contributed by atoms with Crippen LogP contribution in [0.15, 0.2) is 35.3 Å². The quantitative estimate of drug-likeness (QED) is 0.888. The minimum Gasteiger partial charge on any atom is -0.384 e. The molecule has 0 aliphatic heterocycles. The van der Waals surface area contributed by atoms with Crippen molar-refractivity contribution in [1.82, 2.24) is 14.8 Å². The van der Waals surface area contributed by atoms with Crippen LogP contribution >= 0.6 is 0 Å². The van der Waals surface area contributed by atoms with Crippen LogP contribution in [0.1, 0.15) is 24.7 Å². The Morgan fingerprint density at radius 1 is 1.37 bits per heavy atom. The normalized spacial score (nSPS) is 10.4. The number of anilines is 1. The predicted octanol–water partition coefficient (Wildman–Crippen LogP) is 1.82. The van der Waals surface area contributed by atoms with Crippen molar-refractivity contribution >= 4 is 5.69 Å². The van der Waals surface area contributed by atoms with Crippen LogP contribution in [-0.4, -0.2) is 21.3 Å². The zero-order valence-electron chi connectivity index (χ0n) is 11.3. The molecular weight excluding hydrogens is 240 g/mol. The Hall–Kier alpha value is -2.17. The Labute approximate surface area is 112 Å². The van der Waals surface area contributed by atoms with Crippen LogP contribution < -0.4 is 10.9 Å². The van der Waals surface area contributed by atoms with Crippen LogP contribution in [0, 0.1) is 6.92 Å². The summed E-state index contributed by atoms with van der Waals surface area (Å²) in [6.45, 7) is 5.24. The second-order valence-electron chi connectivity index (χ2n) is 4.44. The molecule has 2 aromatic heterocycles. The topological polar surface area (TPSA) is 59.8 Å². The third-order valence-electron chi connectivity index (χ3n) is 2.71. The molecule has 0 aliphatic carbocycles. The highest BCUT2D eigenvalue weighted by molar-refractivity contribution is 5.38. The molecule has 0 saturated heterocycles. The van der Waals surface area contributed by atoms with Crippen molar-refractivity contribution < 1.29 is 0 Å². The van der Waals surface area contributed by atoms with E-state index < -0.39 is 0 Å². The van der Waals surface area contributed by atoms with Gasteiger partial charge in [-0.15, -0.1) is 0 Å². The largest absolute Gasteiger partial charge is 0.384 e. The number of nitrogens with zero attached hydrogens (tertiary/aromatic N) is 3. The number of aromatic nitrogens is 3. The van der Waals surface area contributed by atoms with Crippen molar-refractivity contribution in [3.05, 3.63) is 52.2 Å². The van der Waals surface area contributed by atoms with Crippen LogP contribution in [-0.2, 0) is 6.54 Å². The summed E-state index contributed by atoms with van der Waals surface area (Å²) in [7, 11) is 0. The number of hydrogen-bond donors (Lipinski definition) is 1. The summed E-state index contributed by atoms with van der Waals surface area (Å²) in [6.07, 6.45) is 2.68. The Morgan fingerprint density at radius 2 is 2.21 bits per heavy atom. The Bertz CT molecular complexity index is 606. The molecule has 0 unspecified atom stereocenters. The van der Waals surface area contributed by atoms with Crippen LogP contribution in [0.3, 0.4) is 0 Å². The van der Waals surface area contributed by atoms with Gasteiger partial charge in [-0.3, -0.25) is 9.78 Å². The number of rotatable bonds is 5. The summed E-state index contributed by atoms with van der Waals surface area (Å²) in [5.41, 5.74) is 2.42. The van der Waals surface area contributed by atoms with Crippen molar-refractivity contribution in [1.29, 1.82) is 0 Å². The third kappa shape index (κ3) is 3.64. The van der Waals surface area contributed by atoms with Gasteiger partial charge in [0.25, 0.3) is 5.56 Å². The lowest BCUT2D eigenvalue weighted by Gasteiger charge is -2.07. The maximum Gasteiger partial charge on any atom is 0.269 e. The van der Waals surface area contributed by atoms with Gasteiger partial charge < -0.3 is 5.32 Å². The van der Waals surface area contributed by atoms with E-state index in [1.165, 1.54) is 4.68 Å². The Kier molecular flexibility index (Phi) is 4.28. The van der Waals surface area contributed by atoms with Gasteiger partial charge in [0.05, 0.1) is 24.1 Å². The van der Waals surface area contributed by atoms with E-state index >= 15 is 0 Å². The van der Waals surface area contributed by atoms with Crippen molar-refractivity contribution in [2.75, 3.05) is 11.9 Å². The highest BCUT2D eigenvalue weighted by atomic mass is 16.1. The molecule has 100 valence electrons. The second kappa shape index (κ2) is 6.13. The lowest BCUT2D eigenvalue weighted by Crippen LogP contribution is -2.23. The highest BCUT2D eigenvalue weighted by Crippen LogP contribution is 2.02. The molecule has 19 heavy (non-hydrogen) atoms. The van der Waals surface area contributed by atoms with E-state index in [1.807, 2.05) is 25.1 Å². The fourth-order valence-electron chi connectivity index (χ4n) is 1.76. The van der Waals surface area contributed by atoms with E-state index in [9.17, 15) is 4.79 Å². The minimum absolute atomic E-state index is 0.121. The first-order valence-corrected chi connectivity index (χ1v) is 6.42. The van der Waals surface area contributed by atoms with Gasteiger partial charge in [-0.25, -0.2) is 4.68 Å². The fraction of sp³-hybridized carbons (Fsp3) is 0.357. The number of hydrogen-bond acceptors (Lipinski definition) is 4. The molecule has 0 aromatic carbocycles. The van der Waals surface area contributed by atoms with Crippen LogP contribution in [0.5, 0.6) is 0 Å². The first kappa shape index (κ1) is 13.3. The number of nitrogens with one attached hydrogen (secondary N) is 1. The first-order chi connectivity index (χ1) is 9.19. The van der Waals surface area contributed by atoms with Gasteiger partial charge in [0.2, 0.25) is 0 Å². The standard InChI is InChI=1S/C14H18N4O/c1-3-7-15-13-8-14(19)18(16-9-13)10-12-6-4-5-11(2)17-12/h4-6,8-9,15H,3,7,10H2,1-2H3. The van der Waals surface area contributed by atoms with Crippen LogP contribution in [0.2, 0.25) is 0 Å². The molecule has 5 heteroatoms. The van der Waals surface area contributed by atoms with E-state index in [1.54, 1.807) is 12.3 Å². The molecule has 0 radical (unpaired) electrons. The molecule has 5 nitrogen and oxygen atoms in total. The van der Waals surface area contributed by atoms with Gasteiger partial charge in [0, 0.05) is 18.3 Å². The van der Waals surface area contributed by atoms with Gasteiger partial charge in [-0.1, -0.05) is 13.0 Å². The van der Waals surface area contributed by atoms with E-state index in [-0.39, 0.29) is 5.56 Å². The molecule has 0 saturated carbocycles. The van der Waals surface area contributed by atoms with Crippen LogP contribution in [0.25, 0.3) is 0 Å². The van der Waals surface area contributed by atoms with Crippen molar-refractivity contribution in [3.63, 3.8) is 0 Å². The van der Waals surface area contributed by atoms with Gasteiger partial charge in [-0.2, -0.15) is 5.10 Å². The van der Waals surface area contributed by atoms with Gasteiger partial charge in [0.1, 0.15) is 0 Å². The molecule has 0 spiro atoms. The molecule has 2 rings (SSSR count). The van der Waals surface area contributed by atoms with Gasteiger partial charge in [0.15, 0.2) is 0 Å². The maximum absolute atomic E-state index is 11.9.